The van der Waals surface area contributed by atoms with Crippen LogP contribution in [0.4, 0.5) is 0 Å². The molecule has 0 heterocycles. The second-order valence-electron chi connectivity index (χ2n) is 2.56. The number of benzene rings is 1. The molecule has 0 spiro atoms. The summed E-state index contributed by atoms with van der Waals surface area (Å²) in [4.78, 5) is 16.0. The van der Waals surface area contributed by atoms with E-state index in [9.17, 15) is 4.79 Å². The molecule has 0 bridgehead atoms. The minimum Gasteiger partial charge on any atom is -0.364 e. The van der Waals surface area contributed by atoms with Crippen LogP contribution in [-0.4, -0.2) is 25.1 Å². The Kier molecular flexibility index (Phi) is 2.82. The van der Waals surface area contributed by atoms with E-state index in [0.717, 1.165) is 0 Å². The summed E-state index contributed by atoms with van der Waals surface area (Å²) in [7, 11) is 3.34. The Hall–Kier alpha value is -1.35. The van der Waals surface area contributed by atoms with Crippen LogP contribution >= 0.6 is 0 Å². The Labute approximate surface area is 71.5 Å². The summed E-state index contributed by atoms with van der Waals surface area (Å²) in [5.74, 6) is -0.333. The molecule has 1 aromatic rings. The maximum atomic E-state index is 11.2. The predicted octanol–water partition coefficient (Wildman–Crippen LogP) is 1.32. The van der Waals surface area contributed by atoms with E-state index in [-0.39, 0.29) is 5.97 Å². The van der Waals surface area contributed by atoms with Gasteiger partial charge < -0.3 is 4.84 Å². The van der Waals surface area contributed by atoms with Gasteiger partial charge in [0.25, 0.3) is 0 Å². The van der Waals surface area contributed by atoms with Crippen molar-refractivity contribution in [2.24, 2.45) is 0 Å². The lowest BCUT2D eigenvalue weighted by Gasteiger charge is -2.09. The van der Waals surface area contributed by atoms with Crippen LogP contribution in [0.25, 0.3) is 0 Å². The van der Waals surface area contributed by atoms with Gasteiger partial charge in [0.05, 0.1) is 5.56 Å². The van der Waals surface area contributed by atoms with E-state index >= 15 is 0 Å². The zero-order valence-corrected chi connectivity index (χ0v) is 7.15. The van der Waals surface area contributed by atoms with Gasteiger partial charge in [-0.25, -0.2) is 4.79 Å². The summed E-state index contributed by atoms with van der Waals surface area (Å²) < 4.78 is 0. The third-order valence-electron chi connectivity index (χ3n) is 1.27. The SMILES string of the molecule is CN(C)OC(=O)c1ccccc1. The monoisotopic (exact) mass is 165 g/mol. The highest BCUT2D eigenvalue weighted by atomic mass is 16.7. The van der Waals surface area contributed by atoms with Gasteiger partial charge in [-0.1, -0.05) is 18.2 Å². The van der Waals surface area contributed by atoms with Gasteiger partial charge in [0, 0.05) is 14.1 Å². The van der Waals surface area contributed by atoms with E-state index in [0.29, 0.717) is 5.56 Å². The largest absolute Gasteiger partial charge is 0.364 e. The van der Waals surface area contributed by atoms with Gasteiger partial charge in [-0.2, -0.15) is 0 Å². The molecular formula is C9H11NO2. The fraction of sp³-hybridized carbons (Fsp3) is 0.222. The molecule has 0 saturated carbocycles. The molecule has 0 saturated heterocycles. The van der Waals surface area contributed by atoms with Crippen molar-refractivity contribution < 1.29 is 9.63 Å². The van der Waals surface area contributed by atoms with Crippen LogP contribution < -0.4 is 0 Å². The molecule has 3 nitrogen and oxygen atoms in total. The van der Waals surface area contributed by atoms with Crippen molar-refractivity contribution in [1.82, 2.24) is 5.06 Å². The van der Waals surface area contributed by atoms with Crippen molar-refractivity contribution in [3.05, 3.63) is 35.9 Å². The van der Waals surface area contributed by atoms with Crippen molar-refractivity contribution in [2.75, 3.05) is 14.1 Å². The lowest BCUT2D eigenvalue weighted by molar-refractivity contribution is -0.0713. The van der Waals surface area contributed by atoms with Crippen molar-refractivity contribution >= 4 is 5.97 Å². The summed E-state index contributed by atoms with van der Waals surface area (Å²) in [6, 6.07) is 8.88. The topological polar surface area (TPSA) is 29.5 Å². The predicted molar refractivity (Wildman–Crippen MR) is 45.5 cm³/mol. The number of hydrogen-bond donors (Lipinski definition) is 0. The van der Waals surface area contributed by atoms with Crippen molar-refractivity contribution in [3.8, 4) is 0 Å². The van der Waals surface area contributed by atoms with Crippen LogP contribution in [0.3, 0.4) is 0 Å². The lowest BCUT2D eigenvalue weighted by atomic mass is 10.2. The quantitative estimate of drug-likeness (QED) is 0.619. The number of hydroxylamine groups is 2. The molecule has 0 aliphatic carbocycles. The summed E-state index contributed by atoms with van der Waals surface area (Å²) >= 11 is 0. The number of nitrogens with zero attached hydrogens (tertiary/aromatic N) is 1. The molecule has 0 aliphatic rings. The van der Waals surface area contributed by atoms with Crippen LogP contribution in [0.2, 0.25) is 0 Å². The van der Waals surface area contributed by atoms with Crippen LogP contribution in [0.5, 0.6) is 0 Å². The van der Waals surface area contributed by atoms with Crippen molar-refractivity contribution in [1.29, 1.82) is 0 Å². The van der Waals surface area contributed by atoms with Gasteiger partial charge in [-0.05, 0) is 12.1 Å². The zero-order chi connectivity index (χ0) is 8.97. The maximum absolute atomic E-state index is 11.2. The minimum absolute atomic E-state index is 0.333. The molecule has 0 aliphatic heterocycles. The fourth-order valence-electron chi connectivity index (χ4n) is 0.793. The smallest absolute Gasteiger partial charge is 0.356 e. The number of carbonyl (C=O) groups excluding carboxylic acids is 1. The normalized spacial score (nSPS) is 9.92. The van der Waals surface area contributed by atoms with Crippen LogP contribution in [0.1, 0.15) is 10.4 Å². The Bertz CT molecular complexity index is 256. The molecule has 0 amide bonds. The van der Waals surface area contributed by atoms with Gasteiger partial charge in [-0.15, -0.1) is 5.06 Å². The van der Waals surface area contributed by atoms with E-state index in [4.69, 9.17) is 4.84 Å². The molecule has 3 heteroatoms. The minimum atomic E-state index is -0.333. The van der Waals surface area contributed by atoms with Crippen molar-refractivity contribution in [3.63, 3.8) is 0 Å². The summed E-state index contributed by atoms with van der Waals surface area (Å²) in [5.41, 5.74) is 0.561. The molecule has 0 unspecified atom stereocenters. The molecule has 0 N–H and O–H groups in total. The molecule has 0 atom stereocenters. The second-order valence-corrected chi connectivity index (χ2v) is 2.56. The van der Waals surface area contributed by atoms with Gasteiger partial charge in [0.1, 0.15) is 0 Å². The summed E-state index contributed by atoms with van der Waals surface area (Å²) in [5, 5.41) is 1.37. The first kappa shape index (κ1) is 8.74. The number of rotatable bonds is 2. The molecule has 64 valence electrons. The van der Waals surface area contributed by atoms with Crippen LogP contribution in [0.15, 0.2) is 30.3 Å². The first-order valence-corrected chi connectivity index (χ1v) is 3.65. The third kappa shape index (κ3) is 2.36. The molecular weight excluding hydrogens is 154 g/mol. The average molecular weight is 165 g/mol. The lowest BCUT2D eigenvalue weighted by Crippen LogP contribution is -2.18. The molecule has 1 rings (SSSR count). The average Bonchev–Trinajstić information content (AvgIpc) is 2.05. The zero-order valence-electron chi connectivity index (χ0n) is 7.15. The summed E-state index contributed by atoms with van der Waals surface area (Å²) in [6.07, 6.45) is 0. The highest BCUT2D eigenvalue weighted by molar-refractivity contribution is 5.89. The standard InChI is InChI=1S/C9H11NO2/c1-10(2)12-9(11)8-6-4-3-5-7-8/h3-7H,1-2H3. The Morgan fingerprint density at radius 1 is 1.25 bits per heavy atom. The molecule has 12 heavy (non-hydrogen) atoms. The van der Waals surface area contributed by atoms with Gasteiger partial charge in [0.2, 0.25) is 0 Å². The van der Waals surface area contributed by atoms with Crippen LogP contribution in [-0.2, 0) is 4.84 Å². The van der Waals surface area contributed by atoms with E-state index in [2.05, 4.69) is 0 Å². The number of hydrogen-bond acceptors (Lipinski definition) is 3. The fourth-order valence-corrected chi connectivity index (χ4v) is 0.793. The van der Waals surface area contributed by atoms with Crippen molar-refractivity contribution in [2.45, 2.75) is 0 Å². The highest BCUT2D eigenvalue weighted by Crippen LogP contribution is 2.00. The molecule has 0 radical (unpaired) electrons. The van der Waals surface area contributed by atoms with Gasteiger partial charge in [0.15, 0.2) is 0 Å². The first-order chi connectivity index (χ1) is 5.70. The Morgan fingerprint density at radius 3 is 2.33 bits per heavy atom. The molecule has 0 fully saturated rings. The highest BCUT2D eigenvalue weighted by Gasteiger charge is 2.06. The van der Waals surface area contributed by atoms with Crippen LogP contribution in [0, 0.1) is 0 Å². The van der Waals surface area contributed by atoms with E-state index in [1.807, 2.05) is 6.07 Å². The second kappa shape index (κ2) is 3.88. The Balaban J connectivity index is 2.66. The van der Waals surface area contributed by atoms with Gasteiger partial charge >= 0.3 is 5.97 Å². The van der Waals surface area contributed by atoms with E-state index in [1.54, 1.807) is 38.4 Å². The maximum Gasteiger partial charge on any atom is 0.356 e. The molecule has 0 aromatic heterocycles. The Morgan fingerprint density at radius 2 is 1.83 bits per heavy atom. The van der Waals surface area contributed by atoms with E-state index in [1.165, 1.54) is 5.06 Å². The number of carbonyl (C=O) groups is 1. The summed E-state index contributed by atoms with van der Waals surface area (Å²) in [6.45, 7) is 0. The third-order valence-corrected chi connectivity index (χ3v) is 1.27. The molecule has 1 aromatic carbocycles. The first-order valence-electron chi connectivity index (χ1n) is 3.65. The van der Waals surface area contributed by atoms with E-state index < -0.39 is 0 Å². The van der Waals surface area contributed by atoms with Gasteiger partial charge in [-0.3, -0.25) is 0 Å².